The summed E-state index contributed by atoms with van der Waals surface area (Å²) in [7, 11) is 1.67. The first kappa shape index (κ1) is 27.8. The van der Waals surface area contributed by atoms with Crippen LogP contribution in [0.4, 0.5) is 27.8 Å². The number of hydrogen-bond acceptors (Lipinski definition) is 6. The van der Waals surface area contributed by atoms with E-state index in [0.717, 1.165) is 11.6 Å². The minimum absolute atomic E-state index is 0.0696. The van der Waals surface area contributed by atoms with Gasteiger partial charge in [0.15, 0.2) is 11.6 Å². The highest BCUT2D eigenvalue weighted by molar-refractivity contribution is 5.96. The number of aromatic nitrogens is 3. The van der Waals surface area contributed by atoms with E-state index < -0.39 is 23.4 Å². The van der Waals surface area contributed by atoms with Gasteiger partial charge in [0.25, 0.3) is 0 Å². The van der Waals surface area contributed by atoms with E-state index in [-0.39, 0.29) is 40.6 Å². The SMILES string of the molecule is CNc1nccc2nc(-c3c(Oc4ccc(F)c(F)c4C)ncc(C(F)(F)F)c3C)cc(OCc3ccccc3)c12. The molecule has 0 aliphatic rings. The van der Waals surface area contributed by atoms with Crippen molar-refractivity contribution in [2.45, 2.75) is 26.6 Å². The van der Waals surface area contributed by atoms with Gasteiger partial charge in [-0.25, -0.2) is 23.7 Å². The molecule has 210 valence electrons. The topological polar surface area (TPSA) is 69.2 Å². The fourth-order valence-electron chi connectivity index (χ4n) is 4.41. The minimum atomic E-state index is -4.73. The van der Waals surface area contributed by atoms with Crippen LogP contribution in [0, 0.1) is 25.5 Å². The molecular formula is C30H23F5N4O2. The van der Waals surface area contributed by atoms with E-state index in [1.807, 2.05) is 30.3 Å². The molecule has 5 aromatic rings. The Morgan fingerprint density at radius 2 is 1.66 bits per heavy atom. The van der Waals surface area contributed by atoms with Crippen molar-refractivity contribution in [3.8, 4) is 28.6 Å². The lowest BCUT2D eigenvalue weighted by Gasteiger charge is -2.19. The number of rotatable bonds is 7. The molecule has 0 amide bonds. The van der Waals surface area contributed by atoms with Crippen LogP contribution in [-0.2, 0) is 12.8 Å². The monoisotopic (exact) mass is 566 g/mol. The summed E-state index contributed by atoms with van der Waals surface area (Å²) in [6.07, 6.45) is -2.58. The van der Waals surface area contributed by atoms with Gasteiger partial charge in [0, 0.05) is 31.1 Å². The zero-order valence-electron chi connectivity index (χ0n) is 22.1. The van der Waals surface area contributed by atoms with Crippen molar-refractivity contribution < 1.29 is 31.4 Å². The van der Waals surface area contributed by atoms with E-state index in [1.54, 1.807) is 13.1 Å². The Hall–Kier alpha value is -4.80. The minimum Gasteiger partial charge on any atom is -0.488 e. The first-order chi connectivity index (χ1) is 19.6. The maximum absolute atomic E-state index is 14.3. The second kappa shape index (κ2) is 11.0. The van der Waals surface area contributed by atoms with Crippen LogP contribution in [0.5, 0.6) is 17.4 Å². The smallest absolute Gasteiger partial charge is 0.418 e. The van der Waals surface area contributed by atoms with Crippen molar-refractivity contribution >= 4 is 16.7 Å². The van der Waals surface area contributed by atoms with Crippen molar-refractivity contribution in [3.63, 3.8) is 0 Å². The van der Waals surface area contributed by atoms with Gasteiger partial charge in [-0.05, 0) is 43.2 Å². The highest BCUT2D eigenvalue weighted by Crippen LogP contribution is 2.43. The third-order valence-electron chi connectivity index (χ3n) is 6.52. The van der Waals surface area contributed by atoms with Gasteiger partial charge in [0.05, 0.1) is 27.7 Å². The molecule has 0 bridgehead atoms. The lowest BCUT2D eigenvalue weighted by molar-refractivity contribution is -0.138. The molecule has 0 saturated carbocycles. The van der Waals surface area contributed by atoms with Gasteiger partial charge in [0.2, 0.25) is 5.88 Å². The number of alkyl halides is 3. The van der Waals surface area contributed by atoms with Gasteiger partial charge < -0.3 is 14.8 Å². The Kier molecular flexibility index (Phi) is 7.44. The Labute approximate surface area is 231 Å². The Morgan fingerprint density at radius 3 is 2.37 bits per heavy atom. The summed E-state index contributed by atoms with van der Waals surface area (Å²) in [5.41, 5.74) is -0.148. The number of hydrogen-bond donors (Lipinski definition) is 1. The molecule has 11 heteroatoms. The molecule has 2 aromatic carbocycles. The Bertz CT molecular complexity index is 1740. The number of fused-ring (bicyclic) bond motifs is 1. The highest BCUT2D eigenvalue weighted by atomic mass is 19.4. The average molecular weight is 567 g/mol. The average Bonchev–Trinajstić information content (AvgIpc) is 2.95. The molecular weight excluding hydrogens is 543 g/mol. The molecule has 6 nitrogen and oxygen atoms in total. The van der Waals surface area contributed by atoms with Gasteiger partial charge in [-0.1, -0.05) is 30.3 Å². The lowest BCUT2D eigenvalue weighted by atomic mass is 10.0. The maximum Gasteiger partial charge on any atom is 0.418 e. The number of anilines is 1. The summed E-state index contributed by atoms with van der Waals surface area (Å²) in [5, 5.41) is 3.50. The molecule has 1 N–H and O–H groups in total. The van der Waals surface area contributed by atoms with E-state index in [2.05, 4.69) is 20.3 Å². The highest BCUT2D eigenvalue weighted by Gasteiger charge is 2.35. The maximum atomic E-state index is 14.3. The number of benzene rings is 2. The van der Waals surface area contributed by atoms with Gasteiger partial charge in [-0.3, -0.25) is 0 Å². The summed E-state index contributed by atoms with van der Waals surface area (Å²) in [6.45, 7) is 2.72. The second-order valence-electron chi connectivity index (χ2n) is 9.14. The normalized spacial score (nSPS) is 11.5. The van der Waals surface area contributed by atoms with Crippen LogP contribution in [0.3, 0.4) is 0 Å². The van der Waals surface area contributed by atoms with Gasteiger partial charge in [-0.15, -0.1) is 0 Å². The van der Waals surface area contributed by atoms with Gasteiger partial charge in [-0.2, -0.15) is 13.2 Å². The summed E-state index contributed by atoms with van der Waals surface area (Å²) < 4.78 is 81.9. The predicted octanol–water partition coefficient (Wildman–Crippen LogP) is 8.02. The summed E-state index contributed by atoms with van der Waals surface area (Å²) in [6, 6.07) is 14.5. The molecule has 0 saturated heterocycles. The standard InChI is InChI=1S/C30H23F5N4O2/c1-16-19(30(33,34)35)14-38-29(41-23-10-9-20(31)27(32)17(23)2)25(16)22-13-24(40-15-18-7-5-4-6-8-18)26-21(39-22)11-12-37-28(26)36-3/h4-14H,15H2,1-3H3,(H,36,37). The fraction of sp³-hybridized carbons (Fsp3) is 0.167. The molecule has 3 aromatic heterocycles. The molecule has 5 rings (SSSR count). The van der Waals surface area contributed by atoms with Crippen LogP contribution in [0.25, 0.3) is 22.2 Å². The number of nitrogens with one attached hydrogen (secondary N) is 1. The molecule has 0 aliphatic carbocycles. The largest absolute Gasteiger partial charge is 0.488 e. The molecule has 0 spiro atoms. The van der Waals surface area contributed by atoms with E-state index >= 15 is 0 Å². The van der Waals surface area contributed by atoms with Crippen molar-refractivity contribution in [2.75, 3.05) is 12.4 Å². The van der Waals surface area contributed by atoms with Crippen LogP contribution in [-0.4, -0.2) is 22.0 Å². The van der Waals surface area contributed by atoms with Crippen LogP contribution < -0.4 is 14.8 Å². The van der Waals surface area contributed by atoms with E-state index in [1.165, 1.54) is 32.2 Å². The zero-order chi connectivity index (χ0) is 29.3. The third-order valence-corrected chi connectivity index (χ3v) is 6.52. The number of nitrogens with zero attached hydrogens (tertiary/aromatic N) is 3. The van der Waals surface area contributed by atoms with Crippen LogP contribution >= 0.6 is 0 Å². The molecule has 0 atom stereocenters. The molecule has 0 aliphatic heterocycles. The molecule has 0 radical (unpaired) electrons. The van der Waals surface area contributed by atoms with Gasteiger partial charge >= 0.3 is 6.18 Å². The first-order valence-corrected chi connectivity index (χ1v) is 12.4. The summed E-state index contributed by atoms with van der Waals surface area (Å²) in [5.74, 6) is -1.85. The van der Waals surface area contributed by atoms with Crippen LogP contribution in [0.1, 0.15) is 22.3 Å². The molecule has 0 unspecified atom stereocenters. The van der Waals surface area contributed by atoms with Crippen molar-refractivity contribution in [3.05, 3.63) is 101 Å². The summed E-state index contributed by atoms with van der Waals surface area (Å²) >= 11 is 0. The number of halogens is 5. The lowest BCUT2D eigenvalue weighted by Crippen LogP contribution is -2.11. The van der Waals surface area contributed by atoms with Crippen molar-refractivity contribution in [1.82, 2.24) is 15.0 Å². The first-order valence-electron chi connectivity index (χ1n) is 12.4. The van der Waals surface area contributed by atoms with E-state index in [9.17, 15) is 22.0 Å². The zero-order valence-corrected chi connectivity index (χ0v) is 22.1. The van der Waals surface area contributed by atoms with E-state index in [4.69, 9.17) is 9.47 Å². The molecule has 3 heterocycles. The molecule has 41 heavy (non-hydrogen) atoms. The van der Waals surface area contributed by atoms with Crippen molar-refractivity contribution in [2.24, 2.45) is 0 Å². The van der Waals surface area contributed by atoms with E-state index in [0.29, 0.717) is 28.7 Å². The summed E-state index contributed by atoms with van der Waals surface area (Å²) in [4.78, 5) is 12.9. The second-order valence-corrected chi connectivity index (χ2v) is 9.14. The molecule has 0 fully saturated rings. The third kappa shape index (κ3) is 5.47. The van der Waals surface area contributed by atoms with Crippen molar-refractivity contribution in [1.29, 1.82) is 0 Å². The Morgan fingerprint density at radius 1 is 0.902 bits per heavy atom. The van der Waals surface area contributed by atoms with Gasteiger partial charge in [0.1, 0.15) is 23.9 Å². The fourth-order valence-corrected chi connectivity index (χ4v) is 4.41. The predicted molar refractivity (Wildman–Crippen MR) is 144 cm³/mol. The quantitative estimate of drug-likeness (QED) is 0.201. The Balaban J connectivity index is 1.72. The van der Waals surface area contributed by atoms with Crippen LogP contribution in [0.2, 0.25) is 0 Å². The van der Waals surface area contributed by atoms with Crippen LogP contribution in [0.15, 0.2) is 67.0 Å². The number of pyridine rings is 3. The number of ether oxygens (including phenoxy) is 2.